The van der Waals surface area contributed by atoms with Gasteiger partial charge in [-0.05, 0) is 63.6 Å². The minimum absolute atomic E-state index is 0.373. The van der Waals surface area contributed by atoms with Gasteiger partial charge in [-0.2, -0.15) is 0 Å². The van der Waals surface area contributed by atoms with Crippen molar-refractivity contribution in [2.24, 2.45) is 0 Å². The molecule has 3 aromatic rings. The molecule has 0 saturated carbocycles. The Kier molecular flexibility index (Phi) is 8.03. The Hall–Kier alpha value is -1.96. The van der Waals surface area contributed by atoms with E-state index in [9.17, 15) is 4.79 Å². The molecule has 0 heterocycles. The number of hydrogen-bond donors (Lipinski definition) is 1. The van der Waals surface area contributed by atoms with Crippen molar-refractivity contribution in [2.45, 2.75) is 4.90 Å². The molecular weight excluding hydrogens is 519 g/mol. The van der Waals surface area contributed by atoms with Gasteiger partial charge in [0.05, 0.1) is 5.02 Å². The smallest absolute Gasteiger partial charge is 0.341 e. The van der Waals surface area contributed by atoms with E-state index in [2.05, 4.69) is 59.0 Å². The normalized spacial score (nSPS) is 11.3. The van der Waals surface area contributed by atoms with Crippen LogP contribution in [0.25, 0.3) is 5.57 Å². The minimum Gasteiger partial charge on any atom is -0.480 e. The first-order valence-electron chi connectivity index (χ1n) is 8.82. The summed E-state index contributed by atoms with van der Waals surface area (Å²) in [6.45, 7) is -0.412. The van der Waals surface area contributed by atoms with Gasteiger partial charge in [0.1, 0.15) is 5.75 Å². The summed E-state index contributed by atoms with van der Waals surface area (Å²) in [6.07, 6.45) is 2.22. The molecule has 0 aliphatic heterocycles. The molecule has 0 aromatic heterocycles. The first-order valence-corrected chi connectivity index (χ1v) is 11.3. The molecule has 0 amide bonds. The summed E-state index contributed by atoms with van der Waals surface area (Å²) in [4.78, 5) is 11.6. The summed E-state index contributed by atoms with van der Waals surface area (Å²) in [7, 11) is 0. The Bertz CT molecular complexity index is 1020. The highest BCUT2D eigenvalue weighted by atomic mass is 127. The average molecular weight is 537 g/mol. The Morgan fingerprint density at radius 3 is 2.48 bits per heavy atom. The van der Waals surface area contributed by atoms with Crippen LogP contribution in [0, 0.1) is 3.57 Å². The summed E-state index contributed by atoms with van der Waals surface area (Å²) in [5, 5.41) is 9.12. The second kappa shape index (κ2) is 10.7. The predicted molar refractivity (Wildman–Crippen MR) is 128 cm³/mol. The fourth-order valence-corrected chi connectivity index (χ4v) is 4.52. The molecule has 0 radical (unpaired) electrons. The highest BCUT2D eigenvalue weighted by molar-refractivity contribution is 14.1. The number of thioether (sulfide) groups is 1. The van der Waals surface area contributed by atoms with Gasteiger partial charge < -0.3 is 9.84 Å². The SMILES string of the molecule is O=C(O)COc1ccc(SCC=C(c2ccccc2)c2ccccc2I)cc1Cl. The van der Waals surface area contributed by atoms with Crippen LogP contribution in [-0.4, -0.2) is 23.4 Å². The third-order valence-electron chi connectivity index (χ3n) is 4.04. The van der Waals surface area contributed by atoms with E-state index in [-0.39, 0.29) is 0 Å². The van der Waals surface area contributed by atoms with E-state index in [0.717, 1.165) is 10.6 Å². The lowest BCUT2D eigenvalue weighted by Crippen LogP contribution is -2.09. The number of hydrogen-bond acceptors (Lipinski definition) is 3. The fourth-order valence-electron chi connectivity index (χ4n) is 2.73. The van der Waals surface area contributed by atoms with Crippen molar-refractivity contribution >= 4 is 57.5 Å². The van der Waals surface area contributed by atoms with Gasteiger partial charge in [-0.15, -0.1) is 11.8 Å². The van der Waals surface area contributed by atoms with Crippen LogP contribution in [0.3, 0.4) is 0 Å². The Morgan fingerprint density at radius 2 is 1.79 bits per heavy atom. The summed E-state index contributed by atoms with van der Waals surface area (Å²) in [5.41, 5.74) is 3.57. The van der Waals surface area contributed by atoms with Crippen molar-refractivity contribution in [3.05, 3.63) is 98.6 Å². The zero-order chi connectivity index (χ0) is 20.6. The van der Waals surface area contributed by atoms with Gasteiger partial charge in [0, 0.05) is 14.2 Å². The predicted octanol–water partition coefficient (Wildman–Crippen LogP) is 6.63. The number of carbonyl (C=O) groups is 1. The van der Waals surface area contributed by atoms with Gasteiger partial charge >= 0.3 is 5.97 Å². The summed E-state index contributed by atoms with van der Waals surface area (Å²) >= 11 is 10.2. The molecule has 0 atom stereocenters. The number of rotatable bonds is 8. The monoisotopic (exact) mass is 536 g/mol. The lowest BCUT2D eigenvalue weighted by atomic mass is 9.98. The number of benzene rings is 3. The molecule has 1 N–H and O–H groups in total. The van der Waals surface area contributed by atoms with E-state index >= 15 is 0 Å². The summed E-state index contributed by atoms with van der Waals surface area (Å²) < 4.78 is 6.37. The number of carboxylic acid groups (broad SMARTS) is 1. The van der Waals surface area contributed by atoms with Crippen molar-refractivity contribution in [1.29, 1.82) is 0 Å². The van der Waals surface area contributed by atoms with Gasteiger partial charge in [-0.25, -0.2) is 4.79 Å². The molecule has 0 fully saturated rings. The second-order valence-corrected chi connectivity index (χ2v) is 8.71. The molecule has 0 spiro atoms. The molecule has 0 aliphatic carbocycles. The number of carboxylic acids is 1. The maximum Gasteiger partial charge on any atom is 0.341 e. The quantitative estimate of drug-likeness (QED) is 0.259. The van der Waals surface area contributed by atoms with Crippen molar-refractivity contribution < 1.29 is 14.6 Å². The standard InChI is InChI=1S/C23H18ClIO3S/c24-20-14-17(10-11-22(20)28-15-23(26)27)29-13-12-18(16-6-2-1-3-7-16)19-8-4-5-9-21(19)25/h1-12,14H,13,15H2,(H,26,27). The minimum atomic E-state index is -1.03. The molecule has 3 rings (SSSR count). The number of halogens is 2. The van der Waals surface area contributed by atoms with E-state index in [4.69, 9.17) is 21.4 Å². The first kappa shape index (κ1) is 21.7. The van der Waals surface area contributed by atoms with Crippen LogP contribution in [-0.2, 0) is 4.79 Å². The summed E-state index contributed by atoms with van der Waals surface area (Å²) in [6, 6.07) is 24.1. The van der Waals surface area contributed by atoms with E-state index < -0.39 is 12.6 Å². The van der Waals surface area contributed by atoms with Crippen LogP contribution < -0.4 is 4.74 Å². The van der Waals surface area contributed by atoms with Crippen LogP contribution in [0.1, 0.15) is 11.1 Å². The van der Waals surface area contributed by atoms with E-state index in [1.165, 1.54) is 20.3 Å². The maximum absolute atomic E-state index is 10.6. The van der Waals surface area contributed by atoms with Gasteiger partial charge in [-0.3, -0.25) is 0 Å². The molecule has 0 unspecified atom stereocenters. The molecule has 148 valence electrons. The van der Waals surface area contributed by atoms with Crippen LogP contribution in [0.2, 0.25) is 5.02 Å². The van der Waals surface area contributed by atoms with Crippen molar-refractivity contribution in [3.8, 4) is 5.75 Å². The molecular formula is C23H18ClIO3S. The number of ether oxygens (including phenoxy) is 1. The topological polar surface area (TPSA) is 46.5 Å². The van der Waals surface area contributed by atoms with E-state index in [0.29, 0.717) is 10.8 Å². The van der Waals surface area contributed by atoms with Gasteiger partial charge in [0.15, 0.2) is 6.61 Å². The van der Waals surface area contributed by atoms with E-state index in [1.807, 2.05) is 30.3 Å². The molecule has 0 aliphatic rings. The molecule has 3 aromatic carbocycles. The summed E-state index contributed by atoms with van der Waals surface area (Å²) in [5.74, 6) is 0.104. The van der Waals surface area contributed by atoms with Crippen LogP contribution in [0.5, 0.6) is 5.75 Å². The lowest BCUT2D eigenvalue weighted by Gasteiger charge is -2.11. The van der Waals surface area contributed by atoms with Crippen molar-refractivity contribution in [3.63, 3.8) is 0 Å². The number of aliphatic carboxylic acids is 1. The van der Waals surface area contributed by atoms with Gasteiger partial charge in [-0.1, -0.05) is 66.2 Å². The third kappa shape index (κ3) is 6.26. The zero-order valence-electron chi connectivity index (χ0n) is 15.3. The molecule has 29 heavy (non-hydrogen) atoms. The average Bonchev–Trinajstić information content (AvgIpc) is 2.72. The van der Waals surface area contributed by atoms with Crippen molar-refractivity contribution in [2.75, 3.05) is 12.4 Å². The fraction of sp³-hybridized carbons (Fsp3) is 0.0870. The Balaban J connectivity index is 1.78. The second-order valence-electron chi connectivity index (χ2n) is 6.05. The van der Waals surface area contributed by atoms with Crippen molar-refractivity contribution in [1.82, 2.24) is 0 Å². The maximum atomic E-state index is 10.6. The zero-order valence-corrected chi connectivity index (χ0v) is 19.1. The Morgan fingerprint density at radius 1 is 1.07 bits per heavy atom. The van der Waals surface area contributed by atoms with Gasteiger partial charge in [0.2, 0.25) is 0 Å². The third-order valence-corrected chi connectivity index (χ3v) is 6.20. The highest BCUT2D eigenvalue weighted by Gasteiger charge is 2.09. The van der Waals surface area contributed by atoms with Gasteiger partial charge in [0.25, 0.3) is 0 Å². The van der Waals surface area contributed by atoms with Crippen LogP contribution in [0.4, 0.5) is 0 Å². The first-order chi connectivity index (χ1) is 14.0. The van der Waals surface area contributed by atoms with Crippen LogP contribution in [0.15, 0.2) is 83.8 Å². The highest BCUT2D eigenvalue weighted by Crippen LogP contribution is 2.32. The van der Waals surface area contributed by atoms with Crippen LogP contribution >= 0.6 is 46.0 Å². The lowest BCUT2D eigenvalue weighted by molar-refractivity contribution is -0.139. The molecule has 6 heteroatoms. The molecule has 3 nitrogen and oxygen atoms in total. The van der Waals surface area contributed by atoms with E-state index in [1.54, 1.807) is 23.9 Å². The largest absolute Gasteiger partial charge is 0.480 e. The Labute approximate surface area is 192 Å². The molecule has 0 saturated heterocycles. The molecule has 0 bridgehead atoms.